The molecule has 0 spiro atoms. The van der Waals surface area contributed by atoms with E-state index in [1.54, 1.807) is 4.83 Å². The molecule has 1 aliphatic rings. The standard InChI is InChI=1S/C9H7F2N3O4S/c10-6-2-1-5(3-7(6)11)19(17,18)13-14-4-8(15)12-9(14)16/h1-3,13H,4H2,(H,12,15,16). The van der Waals surface area contributed by atoms with Gasteiger partial charge in [0.05, 0.1) is 4.90 Å². The number of urea groups is 1. The van der Waals surface area contributed by atoms with Crippen LogP contribution in [0.25, 0.3) is 0 Å². The topological polar surface area (TPSA) is 95.6 Å². The fourth-order valence-electron chi connectivity index (χ4n) is 1.36. The van der Waals surface area contributed by atoms with Gasteiger partial charge in [-0.25, -0.2) is 27.0 Å². The molecule has 2 N–H and O–H groups in total. The lowest BCUT2D eigenvalue weighted by molar-refractivity contribution is -0.118. The van der Waals surface area contributed by atoms with Gasteiger partial charge in [-0.3, -0.25) is 10.1 Å². The molecule has 102 valence electrons. The number of sulfonamides is 1. The minimum absolute atomic E-state index is 0.466. The molecule has 7 nitrogen and oxygen atoms in total. The van der Waals surface area contributed by atoms with Crippen molar-refractivity contribution in [1.82, 2.24) is 15.2 Å². The van der Waals surface area contributed by atoms with Gasteiger partial charge in [0.15, 0.2) is 11.6 Å². The Labute approximate surface area is 106 Å². The summed E-state index contributed by atoms with van der Waals surface area (Å²) in [4.78, 5) is 23.2. The molecule has 3 amide bonds. The van der Waals surface area contributed by atoms with Crippen LogP contribution in [0.5, 0.6) is 0 Å². The van der Waals surface area contributed by atoms with E-state index in [0.717, 1.165) is 6.07 Å². The number of benzene rings is 1. The zero-order valence-corrected chi connectivity index (χ0v) is 10.0. The third kappa shape index (κ3) is 2.69. The van der Waals surface area contributed by atoms with Gasteiger partial charge in [-0.1, -0.05) is 0 Å². The first-order chi connectivity index (χ1) is 8.79. The Hall–Kier alpha value is -2.07. The average Bonchev–Trinajstić information content (AvgIpc) is 2.60. The normalized spacial score (nSPS) is 15.8. The van der Waals surface area contributed by atoms with Crippen molar-refractivity contribution in [3.8, 4) is 0 Å². The molecule has 0 radical (unpaired) electrons. The predicted molar refractivity (Wildman–Crippen MR) is 56.9 cm³/mol. The summed E-state index contributed by atoms with van der Waals surface area (Å²) in [5.41, 5.74) is 0. The molecule has 0 aromatic heterocycles. The molecular weight excluding hydrogens is 284 g/mol. The van der Waals surface area contributed by atoms with Gasteiger partial charge in [0.1, 0.15) is 6.54 Å². The molecule has 1 saturated heterocycles. The predicted octanol–water partition coefficient (Wildman–Crippen LogP) is -0.290. The molecule has 1 aliphatic heterocycles. The molecule has 1 aromatic carbocycles. The molecule has 0 atom stereocenters. The van der Waals surface area contributed by atoms with Crippen molar-refractivity contribution in [2.75, 3.05) is 6.54 Å². The summed E-state index contributed by atoms with van der Waals surface area (Å²) >= 11 is 0. The van der Waals surface area contributed by atoms with E-state index in [1.807, 2.05) is 5.32 Å². The molecular formula is C9H7F2N3O4S. The fourth-order valence-corrected chi connectivity index (χ4v) is 2.41. The average molecular weight is 291 g/mol. The van der Waals surface area contributed by atoms with E-state index in [9.17, 15) is 26.8 Å². The highest BCUT2D eigenvalue weighted by Gasteiger charge is 2.31. The summed E-state index contributed by atoms with van der Waals surface area (Å²) in [6, 6.07) is 0.986. The van der Waals surface area contributed by atoms with Crippen molar-refractivity contribution in [2.45, 2.75) is 4.90 Å². The molecule has 0 aliphatic carbocycles. The van der Waals surface area contributed by atoms with Crippen LogP contribution < -0.4 is 10.1 Å². The van der Waals surface area contributed by atoms with Crippen LogP contribution >= 0.6 is 0 Å². The second-order valence-electron chi connectivity index (χ2n) is 3.61. The maximum atomic E-state index is 12.9. The summed E-state index contributed by atoms with van der Waals surface area (Å²) in [5, 5.41) is 2.36. The molecule has 19 heavy (non-hydrogen) atoms. The van der Waals surface area contributed by atoms with Crippen molar-refractivity contribution >= 4 is 22.0 Å². The number of imide groups is 1. The van der Waals surface area contributed by atoms with E-state index >= 15 is 0 Å². The minimum Gasteiger partial charge on any atom is -0.275 e. The van der Waals surface area contributed by atoms with Gasteiger partial charge in [0.2, 0.25) is 5.91 Å². The number of carbonyl (C=O) groups excluding carboxylic acids is 2. The highest BCUT2D eigenvalue weighted by atomic mass is 32.2. The molecule has 10 heteroatoms. The van der Waals surface area contributed by atoms with E-state index in [-0.39, 0.29) is 0 Å². The zero-order valence-electron chi connectivity index (χ0n) is 9.18. The van der Waals surface area contributed by atoms with E-state index in [1.165, 1.54) is 0 Å². The van der Waals surface area contributed by atoms with Crippen LogP contribution in [0.15, 0.2) is 23.1 Å². The smallest absolute Gasteiger partial charge is 0.275 e. The van der Waals surface area contributed by atoms with E-state index in [4.69, 9.17) is 0 Å². The van der Waals surface area contributed by atoms with E-state index < -0.39 is 45.0 Å². The number of amides is 3. The van der Waals surface area contributed by atoms with Crippen molar-refractivity contribution in [3.05, 3.63) is 29.8 Å². The number of rotatable bonds is 3. The van der Waals surface area contributed by atoms with Crippen LogP contribution in [-0.2, 0) is 14.8 Å². The molecule has 0 bridgehead atoms. The zero-order chi connectivity index (χ0) is 14.2. The van der Waals surface area contributed by atoms with Crippen LogP contribution in [0.4, 0.5) is 13.6 Å². The third-order valence-corrected chi connectivity index (χ3v) is 3.56. The number of carbonyl (C=O) groups is 2. The highest BCUT2D eigenvalue weighted by Crippen LogP contribution is 2.14. The van der Waals surface area contributed by atoms with Gasteiger partial charge in [-0.15, -0.1) is 4.83 Å². The molecule has 0 unspecified atom stereocenters. The van der Waals surface area contributed by atoms with E-state index in [2.05, 4.69) is 0 Å². The Morgan fingerprint density at radius 3 is 2.42 bits per heavy atom. The maximum absolute atomic E-state index is 12.9. The first-order valence-corrected chi connectivity index (χ1v) is 6.37. The number of hydrazine groups is 1. The first kappa shape index (κ1) is 13.4. The van der Waals surface area contributed by atoms with Gasteiger partial charge in [-0.2, -0.15) is 0 Å². The Kier molecular flexibility index (Phi) is 3.20. The minimum atomic E-state index is -4.28. The van der Waals surface area contributed by atoms with Crippen molar-refractivity contribution < 1.29 is 26.8 Å². The van der Waals surface area contributed by atoms with Crippen LogP contribution in [0.2, 0.25) is 0 Å². The summed E-state index contributed by atoms with van der Waals surface area (Å²) in [6.07, 6.45) is 0. The van der Waals surface area contributed by atoms with Gasteiger partial charge in [0.25, 0.3) is 10.0 Å². The molecule has 1 heterocycles. The lowest BCUT2D eigenvalue weighted by Crippen LogP contribution is -2.44. The fraction of sp³-hybridized carbons (Fsp3) is 0.111. The number of hydrogen-bond donors (Lipinski definition) is 2. The van der Waals surface area contributed by atoms with Gasteiger partial charge >= 0.3 is 6.03 Å². The number of hydrogen-bond acceptors (Lipinski definition) is 4. The largest absolute Gasteiger partial charge is 0.339 e. The Morgan fingerprint density at radius 1 is 1.21 bits per heavy atom. The summed E-state index contributed by atoms with van der Waals surface area (Å²) in [6.45, 7) is -0.498. The Bertz CT molecular complexity index is 661. The van der Waals surface area contributed by atoms with Gasteiger partial charge < -0.3 is 0 Å². The van der Waals surface area contributed by atoms with E-state index in [0.29, 0.717) is 17.1 Å². The van der Waals surface area contributed by atoms with Crippen LogP contribution in [0, 0.1) is 11.6 Å². The van der Waals surface area contributed by atoms with Crippen LogP contribution in [0.1, 0.15) is 0 Å². The highest BCUT2D eigenvalue weighted by molar-refractivity contribution is 7.89. The lowest BCUT2D eigenvalue weighted by Gasteiger charge is -2.14. The molecule has 0 saturated carbocycles. The molecule has 1 aromatic rings. The van der Waals surface area contributed by atoms with Crippen LogP contribution in [0.3, 0.4) is 0 Å². The molecule has 1 fully saturated rings. The van der Waals surface area contributed by atoms with Crippen molar-refractivity contribution in [3.63, 3.8) is 0 Å². The number of nitrogens with one attached hydrogen (secondary N) is 2. The summed E-state index contributed by atoms with van der Waals surface area (Å²) < 4.78 is 49.2. The Morgan fingerprint density at radius 2 is 1.89 bits per heavy atom. The van der Waals surface area contributed by atoms with Crippen molar-refractivity contribution in [2.24, 2.45) is 0 Å². The van der Waals surface area contributed by atoms with Crippen molar-refractivity contribution in [1.29, 1.82) is 0 Å². The van der Waals surface area contributed by atoms with Gasteiger partial charge in [0, 0.05) is 0 Å². The lowest BCUT2D eigenvalue weighted by atomic mass is 10.3. The number of halogens is 2. The second kappa shape index (κ2) is 4.55. The second-order valence-corrected chi connectivity index (χ2v) is 5.27. The first-order valence-electron chi connectivity index (χ1n) is 4.88. The maximum Gasteiger partial charge on any atom is 0.339 e. The summed E-state index contributed by atoms with van der Waals surface area (Å²) in [5.74, 6) is -3.23. The number of nitrogens with zero attached hydrogens (tertiary/aromatic N) is 1. The Balaban J connectivity index is 2.25. The summed E-state index contributed by atoms with van der Waals surface area (Å²) in [7, 11) is -4.28. The monoisotopic (exact) mass is 291 g/mol. The molecule has 2 rings (SSSR count). The quantitative estimate of drug-likeness (QED) is 0.748. The van der Waals surface area contributed by atoms with Crippen LogP contribution in [-0.4, -0.2) is 31.9 Å². The van der Waals surface area contributed by atoms with Gasteiger partial charge in [-0.05, 0) is 18.2 Å². The SMILES string of the molecule is O=C1CN(NS(=O)(=O)c2ccc(F)c(F)c2)C(=O)N1. The third-order valence-electron chi connectivity index (χ3n) is 2.22.